The lowest BCUT2D eigenvalue weighted by molar-refractivity contribution is -0.694. The molecule has 4 nitrogen and oxygen atoms in total. The fourth-order valence-electron chi connectivity index (χ4n) is 5.93. The maximum atomic E-state index is 6.35. The minimum Gasteiger partial charge on any atom is -0.437 e. The quantitative estimate of drug-likeness (QED) is 0.155. The number of hydrogen-bond acceptors (Lipinski definition) is 3. The molecule has 2 radical (unpaired) electrons. The van der Waals surface area contributed by atoms with Gasteiger partial charge < -0.3 is 4.42 Å². The van der Waals surface area contributed by atoms with Crippen molar-refractivity contribution < 1.29 is 8.98 Å². The molecule has 222 valence electrons. The summed E-state index contributed by atoms with van der Waals surface area (Å²) < 4.78 is 8.55. The number of benzene rings is 2. The van der Waals surface area contributed by atoms with E-state index in [-0.39, 0.29) is 11.4 Å². The number of aromatic nitrogens is 3. The number of nitrogens with zero attached hydrogens (tertiary/aromatic N) is 3. The van der Waals surface area contributed by atoms with Crippen LogP contribution in [-0.2, 0) is 11.7 Å². The summed E-state index contributed by atoms with van der Waals surface area (Å²) in [6.45, 7) is 18.7. The van der Waals surface area contributed by atoms with Crippen LogP contribution in [-0.4, -0.2) is 17.8 Å². The highest BCUT2D eigenvalue weighted by molar-refractivity contribution is 6.15. The maximum absolute atomic E-state index is 6.35. The second kappa shape index (κ2) is 12.4. The second-order valence-corrected chi connectivity index (χ2v) is 12.2. The van der Waals surface area contributed by atoms with Gasteiger partial charge in [-0.15, -0.1) is 0 Å². The van der Waals surface area contributed by atoms with Crippen molar-refractivity contribution in [3.05, 3.63) is 113 Å². The van der Waals surface area contributed by atoms with Crippen molar-refractivity contribution in [3.63, 3.8) is 0 Å². The maximum Gasteiger partial charge on any atom is 0.227 e. The molecule has 0 saturated carbocycles. The lowest BCUT2D eigenvalue weighted by Gasteiger charge is -2.18. The van der Waals surface area contributed by atoms with E-state index in [2.05, 4.69) is 109 Å². The molecule has 0 aliphatic carbocycles. The number of rotatable bonds is 3. The highest BCUT2D eigenvalue weighted by Gasteiger charge is 2.37. The molecule has 0 spiro atoms. The van der Waals surface area contributed by atoms with Crippen molar-refractivity contribution in [1.82, 2.24) is 9.97 Å². The van der Waals surface area contributed by atoms with E-state index in [1.807, 2.05) is 46.9 Å². The third-order valence-electron chi connectivity index (χ3n) is 8.36. The molecule has 0 amide bonds. The highest BCUT2D eigenvalue weighted by atomic mass is 16.3. The molecule has 5 heteroatoms. The Labute approximate surface area is 263 Å². The molecule has 0 N–H and O–H groups in total. The molecule has 0 bridgehead atoms. The molecule has 1 aliphatic heterocycles. The van der Waals surface area contributed by atoms with Crippen LogP contribution in [0.5, 0.6) is 0 Å². The van der Waals surface area contributed by atoms with Crippen LogP contribution < -0.4 is 4.57 Å². The molecule has 1 atom stereocenters. The van der Waals surface area contributed by atoms with Crippen LogP contribution in [0.4, 0.5) is 0 Å². The number of furan rings is 1. The molecule has 0 saturated heterocycles. The van der Waals surface area contributed by atoms with Crippen molar-refractivity contribution in [2.75, 3.05) is 0 Å². The minimum atomic E-state index is -0.387. The minimum absolute atomic E-state index is 0.266. The normalized spacial score (nSPS) is 13.5. The van der Waals surface area contributed by atoms with Crippen molar-refractivity contribution in [1.29, 1.82) is 0 Å². The third-order valence-corrected chi connectivity index (χ3v) is 8.36. The van der Waals surface area contributed by atoms with Crippen LogP contribution in [0.25, 0.3) is 44.6 Å². The van der Waals surface area contributed by atoms with Crippen LogP contribution in [0.1, 0.15) is 81.1 Å². The molecule has 4 aromatic heterocycles. The van der Waals surface area contributed by atoms with E-state index >= 15 is 0 Å². The molecule has 2 aromatic carbocycles. The van der Waals surface area contributed by atoms with Gasteiger partial charge in [0.2, 0.25) is 11.4 Å². The summed E-state index contributed by atoms with van der Waals surface area (Å²) in [5, 5.41) is 1.79. The largest absolute Gasteiger partial charge is 0.437 e. The molecule has 1 aliphatic rings. The van der Waals surface area contributed by atoms with Gasteiger partial charge in [-0.2, -0.15) is 4.57 Å². The SMILES string of the molecule is CC.CCc1cc(C)ccc1-c1ccc(C)cn1.[B]C(C)(C)c1cc[n+]2c(c1)-c1c(ccc3c1oc1nc(C)ccc13)C2C. The Morgan fingerprint density at radius 1 is 0.886 bits per heavy atom. The zero-order chi connectivity index (χ0) is 31.8. The zero-order valence-electron chi connectivity index (χ0n) is 27.6. The molecule has 0 fully saturated rings. The van der Waals surface area contributed by atoms with Crippen LogP contribution in [0.2, 0.25) is 0 Å². The topological polar surface area (TPSA) is 42.8 Å². The van der Waals surface area contributed by atoms with Gasteiger partial charge in [-0.05, 0) is 73.5 Å². The van der Waals surface area contributed by atoms with E-state index in [1.54, 1.807) is 0 Å². The Bertz CT molecular complexity index is 1950. The predicted octanol–water partition coefficient (Wildman–Crippen LogP) is 9.52. The summed E-state index contributed by atoms with van der Waals surface area (Å²) in [6.07, 6.45) is 5.11. The van der Waals surface area contributed by atoms with Gasteiger partial charge in [-0.1, -0.05) is 70.5 Å². The summed E-state index contributed by atoms with van der Waals surface area (Å²) >= 11 is 0. The van der Waals surface area contributed by atoms with Gasteiger partial charge >= 0.3 is 0 Å². The van der Waals surface area contributed by atoms with Crippen LogP contribution >= 0.6 is 0 Å². The number of pyridine rings is 3. The van der Waals surface area contributed by atoms with Crippen LogP contribution in [0, 0.1) is 20.8 Å². The van der Waals surface area contributed by atoms with Crippen molar-refractivity contribution in [3.8, 4) is 22.5 Å². The van der Waals surface area contributed by atoms with Crippen LogP contribution in [0.15, 0.2) is 83.5 Å². The molecule has 6 aromatic rings. The first-order valence-corrected chi connectivity index (χ1v) is 15.8. The van der Waals surface area contributed by atoms with E-state index in [4.69, 9.17) is 12.3 Å². The monoisotopic (exact) mass is 580 g/mol. The van der Waals surface area contributed by atoms with E-state index in [0.29, 0.717) is 5.71 Å². The molecule has 5 heterocycles. The van der Waals surface area contributed by atoms with E-state index in [9.17, 15) is 0 Å². The number of hydrogen-bond donors (Lipinski definition) is 0. The molecular weight excluding hydrogens is 537 g/mol. The molecule has 1 unspecified atom stereocenters. The average molecular weight is 581 g/mol. The Hall–Kier alpha value is -4.25. The zero-order valence-corrected chi connectivity index (χ0v) is 27.6. The van der Waals surface area contributed by atoms with Gasteiger partial charge in [0, 0.05) is 52.8 Å². The first-order valence-electron chi connectivity index (χ1n) is 15.8. The second-order valence-electron chi connectivity index (χ2n) is 12.2. The Morgan fingerprint density at radius 2 is 1.61 bits per heavy atom. The predicted molar refractivity (Wildman–Crippen MR) is 184 cm³/mol. The molecule has 7 rings (SSSR count). The lowest BCUT2D eigenvalue weighted by Crippen LogP contribution is -2.36. The third kappa shape index (κ3) is 5.80. The fourth-order valence-corrected chi connectivity index (χ4v) is 5.93. The number of fused-ring (bicyclic) bond motifs is 7. The summed E-state index contributed by atoms with van der Waals surface area (Å²) in [4.78, 5) is 9.06. The van der Waals surface area contributed by atoms with Gasteiger partial charge in [-0.3, -0.25) is 4.98 Å². The van der Waals surface area contributed by atoms with Crippen molar-refractivity contribution in [2.45, 2.75) is 80.1 Å². The highest BCUT2D eigenvalue weighted by Crippen LogP contribution is 2.42. The van der Waals surface area contributed by atoms with Gasteiger partial charge in [0.25, 0.3) is 0 Å². The Balaban J connectivity index is 0.000000184. The molecule has 44 heavy (non-hydrogen) atoms. The lowest BCUT2D eigenvalue weighted by atomic mass is 9.67. The van der Waals surface area contributed by atoms with Gasteiger partial charge in [0.1, 0.15) is 0 Å². The summed E-state index contributed by atoms with van der Waals surface area (Å²) in [6, 6.07) is 23.9. The Kier molecular flexibility index (Phi) is 8.79. The average Bonchev–Trinajstić information content (AvgIpc) is 3.52. The van der Waals surface area contributed by atoms with E-state index in [1.165, 1.54) is 27.8 Å². The summed E-state index contributed by atoms with van der Waals surface area (Å²) in [7, 11) is 6.35. The standard InChI is InChI=1S/C22H20BN2O.C15H17N.C2H6/c1-12-5-6-17-16-8-7-15-13(2)25-10-9-14(22(3,4)23)11-18(25)19(15)20(16)26-21(17)24-12;1-4-13-9-11(2)5-7-14(13)15-8-6-12(3)10-16-15;1-2/h5-11,13H,1-4H3;5-10H,4H2,1-3H3;1-2H3/q+1;;. The van der Waals surface area contributed by atoms with Crippen LogP contribution in [0.3, 0.4) is 0 Å². The first-order chi connectivity index (χ1) is 21.0. The molecular formula is C39H43BN3O+. The van der Waals surface area contributed by atoms with E-state index < -0.39 is 0 Å². The van der Waals surface area contributed by atoms with E-state index in [0.717, 1.165) is 51.0 Å². The Morgan fingerprint density at radius 3 is 2.30 bits per heavy atom. The smallest absolute Gasteiger partial charge is 0.227 e. The fraction of sp³-hybridized carbons (Fsp3) is 0.308. The summed E-state index contributed by atoms with van der Waals surface area (Å²) in [5.74, 6) is 0. The van der Waals surface area contributed by atoms with Gasteiger partial charge in [-0.25, -0.2) is 4.98 Å². The first kappa shape index (κ1) is 31.2. The van der Waals surface area contributed by atoms with Gasteiger partial charge in [0.15, 0.2) is 17.8 Å². The number of aryl methyl sites for hydroxylation is 4. The van der Waals surface area contributed by atoms with Crippen molar-refractivity contribution >= 4 is 29.9 Å². The van der Waals surface area contributed by atoms with Gasteiger partial charge in [0.05, 0.1) is 19.1 Å². The van der Waals surface area contributed by atoms with Crippen molar-refractivity contribution in [2.24, 2.45) is 0 Å². The summed E-state index contributed by atoms with van der Waals surface area (Å²) in [5.41, 5.74) is 13.5.